The van der Waals surface area contributed by atoms with E-state index in [-0.39, 0.29) is 10.7 Å². The van der Waals surface area contributed by atoms with Crippen molar-refractivity contribution >= 4 is 21.5 Å². The molecule has 0 atom stereocenters. The Balaban J connectivity index is 2.03. The van der Waals surface area contributed by atoms with Crippen LogP contribution in [0.5, 0.6) is 0 Å². The van der Waals surface area contributed by atoms with Gasteiger partial charge in [-0.15, -0.1) is 0 Å². The van der Waals surface area contributed by atoms with Crippen molar-refractivity contribution < 1.29 is 21.6 Å². The highest BCUT2D eigenvalue weighted by molar-refractivity contribution is 7.89. The minimum absolute atomic E-state index is 0.0177. The van der Waals surface area contributed by atoms with Gasteiger partial charge in [0.15, 0.2) is 0 Å². The summed E-state index contributed by atoms with van der Waals surface area (Å²) in [6.07, 6.45) is -0.470. The van der Waals surface area contributed by atoms with Crippen LogP contribution in [0, 0.1) is 6.92 Å². The number of hydrogen-bond acceptors (Lipinski definition) is 5. The number of nitrogens with zero attached hydrogens (tertiary/aromatic N) is 3. The van der Waals surface area contributed by atoms with Gasteiger partial charge in [0.2, 0.25) is 10.0 Å². The lowest BCUT2D eigenvalue weighted by Crippen LogP contribution is -2.19. The first-order valence-electron chi connectivity index (χ1n) is 8.00. The lowest BCUT2D eigenvalue weighted by Gasteiger charge is -2.14. The van der Waals surface area contributed by atoms with E-state index in [9.17, 15) is 21.6 Å². The summed E-state index contributed by atoms with van der Waals surface area (Å²) < 4.78 is 66.0. The summed E-state index contributed by atoms with van der Waals surface area (Å²) in [7, 11) is -2.40. The van der Waals surface area contributed by atoms with Gasteiger partial charge in [0, 0.05) is 12.4 Å². The van der Waals surface area contributed by atoms with Crippen molar-refractivity contribution in [3.05, 3.63) is 60.0 Å². The Morgan fingerprint density at radius 3 is 2.39 bits per heavy atom. The highest BCUT2D eigenvalue weighted by Gasteiger charge is 2.30. The molecule has 7 nitrogen and oxygen atoms in total. The molecule has 0 unspecified atom stereocenters. The van der Waals surface area contributed by atoms with Crippen molar-refractivity contribution in [2.24, 2.45) is 0 Å². The van der Waals surface area contributed by atoms with E-state index in [1.165, 1.54) is 36.0 Å². The zero-order valence-corrected chi connectivity index (χ0v) is 15.6. The number of aromatic nitrogens is 3. The van der Waals surface area contributed by atoms with Crippen LogP contribution in [-0.2, 0) is 16.2 Å². The summed E-state index contributed by atoms with van der Waals surface area (Å²) in [5.41, 5.74) is 0.799. The number of benzene rings is 1. The van der Waals surface area contributed by atoms with E-state index < -0.39 is 21.8 Å². The number of hydrogen-bond donors (Lipinski definition) is 2. The third-order valence-electron chi connectivity index (χ3n) is 3.86. The maximum atomic E-state index is 12.7. The largest absolute Gasteiger partial charge is 0.417 e. The third-order valence-corrected chi connectivity index (χ3v) is 5.27. The average Bonchev–Trinajstić information content (AvgIpc) is 3.08. The van der Waals surface area contributed by atoms with E-state index in [2.05, 4.69) is 20.1 Å². The van der Waals surface area contributed by atoms with E-state index in [4.69, 9.17) is 0 Å². The van der Waals surface area contributed by atoms with Crippen LogP contribution in [0.25, 0.3) is 5.69 Å². The second-order valence-electron chi connectivity index (χ2n) is 5.90. The molecule has 0 radical (unpaired) electrons. The molecule has 3 rings (SSSR count). The number of aryl methyl sites for hydroxylation is 1. The fourth-order valence-electron chi connectivity index (χ4n) is 2.41. The second-order valence-corrected chi connectivity index (χ2v) is 7.79. The molecule has 0 spiro atoms. The molecule has 2 N–H and O–H groups in total. The Morgan fingerprint density at radius 1 is 1.11 bits per heavy atom. The van der Waals surface area contributed by atoms with Gasteiger partial charge in [-0.05, 0) is 49.9 Å². The topological polar surface area (TPSA) is 88.9 Å². The van der Waals surface area contributed by atoms with Gasteiger partial charge in [0.1, 0.15) is 5.82 Å². The molecule has 1 aromatic carbocycles. The molecule has 0 amide bonds. The first-order valence-corrected chi connectivity index (χ1v) is 9.48. The Bertz CT molecular complexity index is 1090. The van der Waals surface area contributed by atoms with E-state index in [1.807, 2.05) is 6.92 Å². The summed E-state index contributed by atoms with van der Waals surface area (Å²) in [5.74, 6) is 0.169. The third kappa shape index (κ3) is 4.15. The van der Waals surface area contributed by atoms with E-state index in [1.54, 1.807) is 12.4 Å². The van der Waals surface area contributed by atoms with Crippen molar-refractivity contribution in [3.63, 3.8) is 0 Å². The Kier molecular flexibility index (Phi) is 5.13. The summed E-state index contributed by atoms with van der Waals surface area (Å²) in [6.45, 7) is 1.82. The smallest absolute Gasteiger partial charge is 0.338 e. The van der Waals surface area contributed by atoms with E-state index in [0.29, 0.717) is 11.4 Å². The lowest BCUT2D eigenvalue weighted by atomic mass is 10.2. The Morgan fingerprint density at radius 2 is 1.86 bits per heavy atom. The fourth-order valence-corrected chi connectivity index (χ4v) is 3.16. The minimum atomic E-state index is -4.48. The van der Waals surface area contributed by atoms with Crippen LogP contribution >= 0.6 is 0 Å². The van der Waals surface area contributed by atoms with Crippen molar-refractivity contribution in [1.82, 2.24) is 19.5 Å². The molecule has 148 valence electrons. The van der Waals surface area contributed by atoms with Crippen LogP contribution in [0.15, 0.2) is 53.8 Å². The number of rotatable bonds is 5. The summed E-state index contributed by atoms with van der Waals surface area (Å²) in [6, 6.07) is 6.38. The molecule has 28 heavy (non-hydrogen) atoms. The zero-order valence-electron chi connectivity index (χ0n) is 14.8. The van der Waals surface area contributed by atoms with Gasteiger partial charge >= 0.3 is 6.18 Å². The summed E-state index contributed by atoms with van der Waals surface area (Å²) >= 11 is 0. The number of anilines is 2. The quantitative estimate of drug-likeness (QED) is 0.673. The van der Waals surface area contributed by atoms with Crippen LogP contribution < -0.4 is 10.0 Å². The standard InChI is InChI=1S/C17H16F3N5O2S/c1-11-8-23-25(10-11)15-7-13(28(26,27)21-2)4-5-14(15)24-16-6-3-12(9-22-16)17(18,19)20/h3-10,21H,1-2H3,(H,22,24). The molecule has 2 aromatic heterocycles. The van der Waals surface area contributed by atoms with E-state index in [0.717, 1.165) is 17.8 Å². The number of sulfonamides is 1. The van der Waals surface area contributed by atoms with Gasteiger partial charge in [-0.1, -0.05) is 0 Å². The van der Waals surface area contributed by atoms with Crippen molar-refractivity contribution in [1.29, 1.82) is 0 Å². The number of pyridine rings is 1. The minimum Gasteiger partial charge on any atom is -0.338 e. The SMILES string of the molecule is CNS(=O)(=O)c1ccc(Nc2ccc(C(F)(F)F)cn2)c(-n2cc(C)cn2)c1. The molecule has 0 fully saturated rings. The second kappa shape index (κ2) is 7.24. The Labute approximate surface area is 159 Å². The summed E-state index contributed by atoms with van der Waals surface area (Å²) in [4.78, 5) is 3.79. The van der Waals surface area contributed by atoms with Crippen LogP contribution in [0.3, 0.4) is 0 Å². The Hall–Kier alpha value is -2.92. The van der Waals surface area contributed by atoms with Crippen LogP contribution in [0.1, 0.15) is 11.1 Å². The molecule has 0 aliphatic carbocycles. The van der Waals surface area contributed by atoms with E-state index >= 15 is 0 Å². The van der Waals surface area contributed by atoms with Gasteiger partial charge < -0.3 is 5.32 Å². The van der Waals surface area contributed by atoms with Crippen molar-refractivity contribution in [3.8, 4) is 5.69 Å². The number of nitrogens with one attached hydrogen (secondary N) is 2. The average molecular weight is 411 g/mol. The van der Waals surface area contributed by atoms with Crippen LogP contribution in [-0.4, -0.2) is 30.2 Å². The van der Waals surface area contributed by atoms with Crippen LogP contribution in [0.4, 0.5) is 24.7 Å². The van der Waals surface area contributed by atoms with Gasteiger partial charge in [-0.2, -0.15) is 18.3 Å². The molecule has 0 saturated carbocycles. The maximum Gasteiger partial charge on any atom is 0.417 e. The highest BCUT2D eigenvalue weighted by Crippen LogP contribution is 2.30. The highest BCUT2D eigenvalue weighted by atomic mass is 32.2. The van der Waals surface area contributed by atoms with Gasteiger partial charge in [0.05, 0.1) is 28.0 Å². The first kappa shape index (κ1) is 19.8. The van der Waals surface area contributed by atoms with Crippen molar-refractivity contribution in [2.45, 2.75) is 18.0 Å². The predicted molar refractivity (Wildman–Crippen MR) is 97.1 cm³/mol. The molecule has 0 aliphatic heterocycles. The van der Waals surface area contributed by atoms with Crippen LogP contribution in [0.2, 0.25) is 0 Å². The summed E-state index contributed by atoms with van der Waals surface area (Å²) in [5, 5.41) is 7.08. The predicted octanol–water partition coefficient (Wildman–Crippen LogP) is 3.25. The van der Waals surface area contributed by atoms with Gasteiger partial charge in [-0.3, -0.25) is 0 Å². The van der Waals surface area contributed by atoms with Crippen molar-refractivity contribution in [2.75, 3.05) is 12.4 Å². The number of halogens is 3. The fraction of sp³-hybridized carbons (Fsp3) is 0.176. The molecule has 0 saturated heterocycles. The normalized spacial score (nSPS) is 12.2. The first-order chi connectivity index (χ1) is 13.1. The number of alkyl halides is 3. The molecule has 0 bridgehead atoms. The van der Waals surface area contributed by atoms with Gasteiger partial charge in [-0.25, -0.2) is 22.8 Å². The molecular formula is C17H16F3N5O2S. The molecule has 11 heteroatoms. The van der Waals surface area contributed by atoms with Gasteiger partial charge in [0.25, 0.3) is 0 Å². The lowest BCUT2D eigenvalue weighted by molar-refractivity contribution is -0.137. The monoisotopic (exact) mass is 411 g/mol. The zero-order chi connectivity index (χ0) is 20.5. The molecule has 3 aromatic rings. The molecule has 2 heterocycles. The molecule has 0 aliphatic rings. The maximum absolute atomic E-state index is 12.7. The molecular weight excluding hydrogens is 395 g/mol.